The van der Waals surface area contributed by atoms with Gasteiger partial charge in [-0.15, -0.1) is 0 Å². The van der Waals surface area contributed by atoms with E-state index in [0.29, 0.717) is 10.9 Å². The normalized spacial score (nSPS) is 10.5. The summed E-state index contributed by atoms with van der Waals surface area (Å²) >= 11 is 5.72. The monoisotopic (exact) mass is 212 g/mol. The van der Waals surface area contributed by atoms with Gasteiger partial charge in [0.05, 0.1) is 24.2 Å². The smallest absolute Gasteiger partial charge is 0.224 e. The van der Waals surface area contributed by atoms with Gasteiger partial charge in [-0.05, 0) is 6.07 Å². The second kappa shape index (κ2) is 3.38. The maximum absolute atomic E-state index is 12.9. The molecular formula is C9H6ClFN2O. The predicted molar refractivity (Wildman–Crippen MR) is 51.1 cm³/mol. The maximum atomic E-state index is 12.9. The van der Waals surface area contributed by atoms with Crippen LogP contribution in [0.4, 0.5) is 4.39 Å². The van der Waals surface area contributed by atoms with Gasteiger partial charge in [0.1, 0.15) is 11.0 Å². The average molecular weight is 213 g/mol. The van der Waals surface area contributed by atoms with Gasteiger partial charge in [-0.3, -0.25) is 4.98 Å². The van der Waals surface area contributed by atoms with E-state index in [4.69, 9.17) is 16.3 Å². The summed E-state index contributed by atoms with van der Waals surface area (Å²) in [5.74, 6) is -0.153. The predicted octanol–water partition coefficient (Wildman–Crippen LogP) is 2.43. The first-order valence-corrected chi connectivity index (χ1v) is 4.24. The van der Waals surface area contributed by atoms with Gasteiger partial charge in [0, 0.05) is 6.07 Å². The van der Waals surface area contributed by atoms with Crippen LogP contribution in [-0.4, -0.2) is 17.1 Å². The lowest BCUT2D eigenvalue weighted by atomic mass is 10.2. The van der Waals surface area contributed by atoms with Gasteiger partial charge in [-0.1, -0.05) is 11.6 Å². The van der Waals surface area contributed by atoms with E-state index < -0.39 is 5.82 Å². The molecule has 2 heterocycles. The molecule has 0 aliphatic heterocycles. The summed E-state index contributed by atoms with van der Waals surface area (Å²) in [6.45, 7) is 0. The molecule has 0 aromatic carbocycles. The van der Waals surface area contributed by atoms with Crippen molar-refractivity contribution in [3.63, 3.8) is 0 Å². The number of ether oxygens (including phenoxy) is 1. The molecule has 2 aromatic rings. The van der Waals surface area contributed by atoms with Crippen molar-refractivity contribution in [3.8, 4) is 5.88 Å². The van der Waals surface area contributed by atoms with Crippen LogP contribution in [0, 0.1) is 5.82 Å². The topological polar surface area (TPSA) is 35.0 Å². The van der Waals surface area contributed by atoms with Crippen LogP contribution in [0.15, 0.2) is 18.3 Å². The minimum Gasteiger partial charge on any atom is -0.480 e. The largest absolute Gasteiger partial charge is 0.480 e. The number of hydrogen-bond acceptors (Lipinski definition) is 3. The second-order valence-corrected chi connectivity index (χ2v) is 3.06. The molecule has 2 aromatic heterocycles. The Kier molecular flexibility index (Phi) is 2.21. The van der Waals surface area contributed by atoms with Crippen molar-refractivity contribution in [3.05, 3.63) is 29.3 Å². The number of aromatic nitrogens is 2. The Labute approximate surface area is 84.5 Å². The highest BCUT2D eigenvalue weighted by atomic mass is 35.5. The van der Waals surface area contributed by atoms with Gasteiger partial charge in [0.15, 0.2) is 0 Å². The maximum Gasteiger partial charge on any atom is 0.224 e. The molecule has 0 aliphatic carbocycles. The van der Waals surface area contributed by atoms with Gasteiger partial charge < -0.3 is 4.74 Å². The second-order valence-electron chi connectivity index (χ2n) is 2.67. The first-order chi connectivity index (χ1) is 6.70. The number of halogens is 2. The molecule has 3 nitrogen and oxygen atoms in total. The number of fused-ring (bicyclic) bond motifs is 1. The molecule has 0 fully saturated rings. The Bertz CT molecular complexity index is 489. The van der Waals surface area contributed by atoms with Crippen molar-refractivity contribution in [2.24, 2.45) is 0 Å². The van der Waals surface area contributed by atoms with Crippen molar-refractivity contribution < 1.29 is 9.13 Å². The minimum atomic E-state index is -0.431. The Morgan fingerprint density at radius 3 is 2.93 bits per heavy atom. The summed E-state index contributed by atoms with van der Waals surface area (Å²) in [6, 6.07) is 2.86. The molecule has 0 saturated heterocycles. The van der Waals surface area contributed by atoms with Crippen molar-refractivity contribution >= 4 is 22.5 Å². The molecule has 72 valence electrons. The van der Waals surface area contributed by atoms with Crippen molar-refractivity contribution in [2.45, 2.75) is 0 Å². The lowest BCUT2D eigenvalue weighted by molar-refractivity contribution is 0.403. The van der Waals surface area contributed by atoms with Crippen molar-refractivity contribution in [2.75, 3.05) is 7.11 Å². The van der Waals surface area contributed by atoms with Crippen LogP contribution in [0.2, 0.25) is 5.15 Å². The van der Waals surface area contributed by atoms with Crippen LogP contribution >= 0.6 is 11.6 Å². The molecule has 2 rings (SSSR count). The average Bonchev–Trinajstić information content (AvgIpc) is 2.17. The molecule has 0 atom stereocenters. The van der Waals surface area contributed by atoms with E-state index in [-0.39, 0.29) is 11.0 Å². The standard InChI is InChI=1S/C9H6ClFN2O/c1-14-9-6-2-5(11)4-12-7(6)3-8(10)13-9/h2-4H,1H3. The first-order valence-electron chi connectivity index (χ1n) is 3.86. The Balaban J connectivity index is 2.81. The lowest BCUT2D eigenvalue weighted by Gasteiger charge is -2.03. The summed E-state index contributed by atoms with van der Waals surface area (Å²) in [7, 11) is 1.45. The van der Waals surface area contributed by atoms with Crippen LogP contribution in [-0.2, 0) is 0 Å². The van der Waals surface area contributed by atoms with Crippen LogP contribution in [0.5, 0.6) is 5.88 Å². The highest BCUT2D eigenvalue weighted by molar-refractivity contribution is 6.30. The molecule has 5 heteroatoms. The van der Waals surface area contributed by atoms with E-state index in [0.717, 1.165) is 6.20 Å². The van der Waals surface area contributed by atoms with Gasteiger partial charge >= 0.3 is 0 Å². The highest BCUT2D eigenvalue weighted by Crippen LogP contribution is 2.25. The molecule has 0 unspecified atom stereocenters. The van der Waals surface area contributed by atoms with Crippen molar-refractivity contribution in [1.29, 1.82) is 0 Å². The van der Waals surface area contributed by atoms with Gasteiger partial charge in [-0.2, -0.15) is 0 Å². The van der Waals surface area contributed by atoms with Crippen LogP contribution in [0.25, 0.3) is 10.9 Å². The van der Waals surface area contributed by atoms with E-state index in [1.165, 1.54) is 13.2 Å². The van der Waals surface area contributed by atoms with Crippen LogP contribution < -0.4 is 4.74 Å². The highest BCUT2D eigenvalue weighted by Gasteiger charge is 2.07. The van der Waals surface area contributed by atoms with E-state index in [2.05, 4.69) is 9.97 Å². The summed E-state index contributed by atoms with van der Waals surface area (Å²) in [6.07, 6.45) is 1.12. The fourth-order valence-corrected chi connectivity index (χ4v) is 1.37. The summed E-state index contributed by atoms with van der Waals surface area (Å²) in [4.78, 5) is 7.77. The number of rotatable bonds is 1. The van der Waals surface area contributed by atoms with E-state index >= 15 is 0 Å². The van der Waals surface area contributed by atoms with Crippen LogP contribution in [0.1, 0.15) is 0 Å². The van der Waals surface area contributed by atoms with E-state index in [1.807, 2.05) is 0 Å². The molecule has 0 saturated carbocycles. The molecule has 14 heavy (non-hydrogen) atoms. The zero-order chi connectivity index (χ0) is 10.1. The van der Waals surface area contributed by atoms with Gasteiger partial charge in [0.25, 0.3) is 0 Å². The fraction of sp³-hybridized carbons (Fsp3) is 0.111. The number of hydrogen-bond donors (Lipinski definition) is 0. The zero-order valence-corrected chi connectivity index (χ0v) is 8.05. The minimum absolute atomic E-state index is 0.272. The summed E-state index contributed by atoms with van der Waals surface area (Å²) in [5.41, 5.74) is 0.559. The molecule has 0 spiro atoms. The molecule has 0 aliphatic rings. The van der Waals surface area contributed by atoms with E-state index in [9.17, 15) is 4.39 Å². The van der Waals surface area contributed by atoms with E-state index in [1.54, 1.807) is 6.07 Å². The SMILES string of the molecule is COc1nc(Cl)cc2ncc(F)cc12. The quantitative estimate of drug-likeness (QED) is 0.681. The lowest BCUT2D eigenvalue weighted by Crippen LogP contribution is -1.92. The Morgan fingerprint density at radius 1 is 1.43 bits per heavy atom. The molecular weight excluding hydrogens is 207 g/mol. The van der Waals surface area contributed by atoms with Gasteiger partial charge in [0.2, 0.25) is 5.88 Å². The summed E-state index contributed by atoms with van der Waals surface area (Å²) in [5, 5.41) is 0.783. The summed E-state index contributed by atoms with van der Waals surface area (Å²) < 4.78 is 17.8. The molecule has 0 amide bonds. The number of pyridine rings is 2. The fourth-order valence-electron chi connectivity index (χ4n) is 1.19. The number of methoxy groups -OCH3 is 1. The third-order valence-corrected chi connectivity index (χ3v) is 1.97. The van der Waals surface area contributed by atoms with Crippen molar-refractivity contribution in [1.82, 2.24) is 9.97 Å². The first kappa shape index (κ1) is 9.15. The van der Waals surface area contributed by atoms with Crippen LogP contribution in [0.3, 0.4) is 0 Å². The molecule has 0 bridgehead atoms. The zero-order valence-electron chi connectivity index (χ0n) is 7.29. The van der Waals surface area contributed by atoms with Gasteiger partial charge in [-0.25, -0.2) is 9.37 Å². The number of nitrogens with zero attached hydrogens (tertiary/aromatic N) is 2. The molecule has 0 N–H and O–H groups in total. The Morgan fingerprint density at radius 2 is 2.21 bits per heavy atom. The molecule has 0 radical (unpaired) electrons. The third-order valence-electron chi connectivity index (χ3n) is 1.77. The Hall–Kier alpha value is -1.42. The third kappa shape index (κ3) is 1.48.